The number of carbonyl (C=O) groups excluding carboxylic acids is 1. The van der Waals surface area contributed by atoms with Crippen LogP contribution >= 0.6 is 11.3 Å². The number of likely N-dealkylation sites (tertiary alicyclic amines) is 1. The molecule has 1 fully saturated rings. The largest absolute Gasteiger partial charge is 0.336 e. The van der Waals surface area contributed by atoms with Crippen molar-refractivity contribution in [2.24, 2.45) is 5.73 Å². The van der Waals surface area contributed by atoms with Crippen molar-refractivity contribution in [3.63, 3.8) is 0 Å². The Kier molecular flexibility index (Phi) is 4.40. The van der Waals surface area contributed by atoms with Gasteiger partial charge in [0.25, 0.3) is 5.91 Å². The molecule has 1 amide bonds. The fraction of sp³-hybridized carbons (Fsp3) is 0.643. The molecule has 18 heavy (non-hydrogen) atoms. The normalized spacial score (nSPS) is 19.5. The standard InChI is InChI=1S/C14H22N2OS/c1-3-5-12-10(4-2)8-13(18-12)14(17)16-7-6-11(15)9-16/h8,11H,3-7,9,15H2,1-2H3/t11-/m1/s1. The number of nitrogens with zero attached hydrogens (tertiary/aromatic N) is 1. The number of hydrogen-bond acceptors (Lipinski definition) is 3. The van der Waals surface area contributed by atoms with Crippen LogP contribution in [0.1, 0.15) is 46.8 Å². The quantitative estimate of drug-likeness (QED) is 0.910. The molecule has 0 saturated carbocycles. The zero-order chi connectivity index (χ0) is 13.1. The molecule has 1 atom stereocenters. The number of aryl methyl sites for hydroxylation is 2. The second kappa shape index (κ2) is 5.85. The zero-order valence-electron chi connectivity index (χ0n) is 11.2. The maximum Gasteiger partial charge on any atom is 0.263 e. The number of thiophene rings is 1. The third-order valence-electron chi connectivity index (χ3n) is 3.48. The SMILES string of the molecule is CCCc1sc(C(=O)N2CC[C@@H](N)C2)cc1CC. The first-order valence-corrected chi connectivity index (χ1v) is 7.63. The van der Waals surface area contributed by atoms with Gasteiger partial charge in [-0.1, -0.05) is 20.3 Å². The van der Waals surface area contributed by atoms with Crippen molar-refractivity contribution in [2.75, 3.05) is 13.1 Å². The lowest BCUT2D eigenvalue weighted by atomic mass is 10.1. The van der Waals surface area contributed by atoms with Crippen LogP contribution in [-0.4, -0.2) is 29.9 Å². The maximum atomic E-state index is 12.4. The minimum Gasteiger partial charge on any atom is -0.336 e. The van der Waals surface area contributed by atoms with Crippen LogP contribution < -0.4 is 5.73 Å². The summed E-state index contributed by atoms with van der Waals surface area (Å²) >= 11 is 1.67. The van der Waals surface area contributed by atoms with E-state index < -0.39 is 0 Å². The van der Waals surface area contributed by atoms with Gasteiger partial charge in [-0.2, -0.15) is 0 Å². The molecular formula is C14H22N2OS. The van der Waals surface area contributed by atoms with Crippen LogP contribution in [0.2, 0.25) is 0 Å². The summed E-state index contributed by atoms with van der Waals surface area (Å²) in [5.41, 5.74) is 7.20. The van der Waals surface area contributed by atoms with E-state index in [0.29, 0.717) is 6.54 Å². The average molecular weight is 266 g/mol. The first-order valence-electron chi connectivity index (χ1n) is 6.82. The highest BCUT2D eigenvalue weighted by Crippen LogP contribution is 2.26. The zero-order valence-corrected chi connectivity index (χ0v) is 12.1. The van der Waals surface area contributed by atoms with Gasteiger partial charge in [0.05, 0.1) is 4.88 Å². The number of rotatable bonds is 4. The highest BCUT2D eigenvalue weighted by molar-refractivity contribution is 7.14. The summed E-state index contributed by atoms with van der Waals surface area (Å²) in [4.78, 5) is 16.5. The second-order valence-electron chi connectivity index (χ2n) is 4.96. The molecule has 0 aliphatic carbocycles. The predicted molar refractivity (Wildman–Crippen MR) is 76.2 cm³/mol. The van der Waals surface area contributed by atoms with Crippen molar-refractivity contribution in [3.05, 3.63) is 21.4 Å². The van der Waals surface area contributed by atoms with E-state index in [4.69, 9.17) is 5.73 Å². The van der Waals surface area contributed by atoms with E-state index >= 15 is 0 Å². The fourth-order valence-corrected chi connectivity index (χ4v) is 3.76. The highest BCUT2D eigenvalue weighted by Gasteiger charge is 2.26. The lowest BCUT2D eigenvalue weighted by molar-refractivity contribution is 0.0795. The Bertz CT molecular complexity index is 427. The molecule has 2 N–H and O–H groups in total. The molecule has 1 aliphatic heterocycles. The number of carbonyl (C=O) groups is 1. The van der Waals surface area contributed by atoms with Gasteiger partial charge in [-0.25, -0.2) is 0 Å². The van der Waals surface area contributed by atoms with Crippen molar-refractivity contribution in [1.29, 1.82) is 0 Å². The molecule has 2 heterocycles. The van der Waals surface area contributed by atoms with Crippen molar-refractivity contribution >= 4 is 17.2 Å². The van der Waals surface area contributed by atoms with Crippen molar-refractivity contribution in [3.8, 4) is 0 Å². The molecule has 1 aromatic rings. The summed E-state index contributed by atoms with van der Waals surface area (Å²) in [6.07, 6.45) is 4.16. The van der Waals surface area contributed by atoms with Crippen LogP contribution in [0.25, 0.3) is 0 Å². The third kappa shape index (κ3) is 2.75. The molecule has 0 bridgehead atoms. The first-order chi connectivity index (χ1) is 8.65. The van der Waals surface area contributed by atoms with Gasteiger partial charge in [0, 0.05) is 24.0 Å². The van der Waals surface area contributed by atoms with Gasteiger partial charge in [-0.3, -0.25) is 4.79 Å². The molecule has 100 valence electrons. The summed E-state index contributed by atoms with van der Waals surface area (Å²) in [6, 6.07) is 2.25. The summed E-state index contributed by atoms with van der Waals surface area (Å²) < 4.78 is 0. The average Bonchev–Trinajstić information content (AvgIpc) is 2.95. The monoisotopic (exact) mass is 266 g/mol. The van der Waals surface area contributed by atoms with E-state index in [1.165, 1.54) is 10.4 Å². The smallest absolute Gasteiger partial charge is 0.263 e. The lowest BCUT2D eigenvalue weighted by Gasteiger charge is -2.14. The van der Waals surface area contributed by atoms with Crippen LogP contribution in [0.15, 0.2) is 6.07 Å². The van der Waals surface area contributed by atoms with Crippen LogP contribution in [-0.2, 0) is 12.8 Å². The molecule has 0 aromatic carbocycles. The first kappa shape index (κ1) is 13.6. The van der Waals surface area contributed by atoms with Crippen molar-refractivity contribution in [2.45, 2.75) is 45.6 Å². The number of nitrogens with two attached hydrogens (primary N) is 1. The minimum absolute atomic E-state index is 0.162. The summed E-state index contributed by atoms with van der Waals surface area (Å²) in [6.45, 7) is 5.85. The lowest BCUT2D eigenvalue weighted by Crippen LogP contribution is -2.31. The van der Waals surface area contributed by atoms with Gasteiger partial charge >= 0.3 is 0 Å². The highest BCUT2D eigenvalue weighted by atomic mass is 32.1. The molecule has 0 radical (unpaired) electrons. The van der Waals surface area contributed by atoms with Crippen LogP contribution in [0.3, 0.4) is 0 Å². The van der Waals surface area contributed by atoms with E-state index in [1.807, 2.05) is 4.90 Å². The van der Waals surface area contributed by atoms with Crippen molar-refractivity contribution in [1.82, 2.24) is 4.90 Å². The summed E-state index contributed by atoms with van der Waals surface area (Å²) in [5.74, 6) is 0.171. The van der Waals surface area contributed by atoms with Gasteiger partial charge in [-0.05, 0) is 30.9 Å². The Morgan fingerprint density at radius 1 is 1.56 bits per heavy atom. The van der Waals surface area contributed by atoms with E-state index in [2.05, 4.69) is 19.9 Å². The van der Waals surface area contributed by atoms with E-state index in [0.717, 1.165) is 37.1 Å². The molecule has 1 saturated heterocycles. The molecule has 0 unspecified atom stereocenters. The number of hydrogen-bond donors (Lipinski definition) is 1. The minimum atomic E-state index is 0.162. The summed E-state index contributed by atoms with van der Waals surface area (Å²) in [7, 11) is 0. The number of amides is 1. The van der Waals surface area contributed by atoms with Gasteiger partial charge < -0.3 is 10.6 Å². The predicted octanol–water partition coefficient (Wildman–Crippen LogP) is 2.44. The molecule has 1 aromatic heterocycles. The van der Waals surface area contributed by atoms with Crippen LogP contribution in [0.4, 0.5) is 0 Å². The molecular weight excluding hydrogens is 244 g/mol. The maximum absolute atomic E-state index is 12.4. The van der Waals surface area contributed by atoms with E-state index in [-0.39, 0.29) is 11.9 Å². The molecule has 1 aliphatic rings. The van der Waals surface area contributed by atoms with Crippen molar-refractivity contribution < 1.29 is 4.79 Å². The Morgan fingerprint density at radius 3 is 2.89 bits per heavy atom. The molecule has 0 spiro atoms. The van der Waals surface area contributed by atoms with Crippen LogP contribution in [0, 0.1) is 0 Å². The molecule has 4 heteroatoms. The second-order valence-corrected chi connectivity index (χ2v) is 6.10. The topological polar surface area (TPSA) is 46.3 Å². The summed E-state index contributed by atoms with van der Waals surface area (Å²) in [5, 5.41) is 0. The molecule has 2 rings (SSSR count). The molecule has 3 nitrogen and oxygen atoms in total. The fourth-order valence-electron chi connectivity index (χ4n) is 2.44. The van der Waals surface area contributed by atoms with Gasteiger partial charge in [0.1, 0.15) is 0 Å². The van der Waals surface area contributed by atoms with Gasteiger partial charge in [0.2, 0.25) is 0 Å². The van der Waals surface area contributed by atoms with E-state index in [9.17, 15) is 4.79 Å². The third-order valence-corrected chi connectivity index (χ3v) is 4.70. The Hall–Kier alpha value is -0.870. The van der Waals surface area contributed by atoms with Gasteiger partial charge in [0.15, 0.2) is 0 Å². The Morgan fingerprint density at radius 2 is 2.33 bits per heavy atom. The Labute approximate surface area is 113 Å². The van der Waals surface area contributed by atoms with E-state index in [1.54, 1.807) is 11.3 Å². The van der Waals surface area contributed by atoms with Gasteiger partial charge in [-0.15, -0.1) is 11.3 Å². The van der Waals surface area contributed by atoms with Crippen LogP contribution in [0.5, 0.6) is 0 Å². The Balaban J connectivity index is 2.15.